The second-order valence-electron chi connectivity index (χ2n) is 4.80. The van der Waals surface area contributed by atoms with Crippen LogP contribution in [-0.4, -0.2) is 18.2 Å². The fourth-order valence-corrected chi connectivity index (χ4v) is 1.27. The highest BCUT2D eigenvalue weighted by molar-refractivity contribution is 5.66. The van der Waals surface area contributed by atoms with Gasteiger partial charge in [-0.1, -0.05) is 6.42 Å². The van der Waals surface area contributed by atoms with Crippen molar-refractivity contribution in [2.75, 3.05) is 6.54 Å². The monoisotopic (exact) mass is 200 g/mol. The molecule has 0 unspecified atom stereocenters. The number of carbonyl (C=O) groups is 1. The van der Waals surface area contributed by atoms with Gasteiger partial charge in [-0.15, -0.1) is 0 Å². The molecule has 0 spiro atoms. The fourth-order valence-electron chi connectivity index (χ4n) is 1.27. The molecule has 4 nitrogen and oxygen atoms in total. The lowest BCUT2D eigenvalue weighted by Gasteiger charge is -2.26. The summed E-state index contributed by atoms with van der Waals surface area (Å²) < 4.78 is 5.06. The molecule has 0 aliphatic heterocycles. The fraction of sp³-hybridized carbons (Fsp3) is 0.900. The number of hydrazine groups is 1. The van der Waals surface area contributed by atoms with Crippen molar-refractivity contribution in [1.29, 1.82) is 0 Å². The molecule has 2 N–H and O–H groups in total. The summed E-state index contributed by atoms with van der Waals surface area (Å²) in [6.45, 7) is 6.38. The van der Waals surface area contributed by atoms with E-state index in [-0.39, 0.29) is 0 Å². The predicted molar refractivity (Wildman–Crippen MR) is 54.7 cm³/mol. The maximum absolute atomic E-state index is 11.2. The molecule has 1 amide bonds. The van der Waals surface area contributed by atoms with E-state index in [0.717, 1.165) is 12.5 Å². The van der Waals surface area contributed by atoms with Crippen LogP contribution in [0.2, 0.25) is 0 Å². The summed E-state index contributed by atoms with van der Waals surface area (Å²) in [7, 11) is 0. The molecule has 1 saturated carbocycles. The normalized spacial score (nSPS) is 17.4. The maximum atomic E-state index is 11.2. The van der Waals surface area contributed by atoms with Crippen molar-refractivity contribution in [2.24, 2.45) is 5.92 Å². The van der Waals surface area contributed by atoms with Crippen molar-refractivity contribution in [3.05, 3.63) is 0 Å². The number of hydrogen-bond donors (Lipinski definition) is 2. The van der Waals surface area contributed by atoms with E-state index in [1.54, 1.807) is 0 Å². The number of ether oxygens (including phenoxy) is 1. The Morgan fingerprint density at radius 2 is 2.07 bits per heavy atom. The number of rotatable bonds is 3. The highest BCUT2D eigenvalue weighted by atomic mass is 16.6. The lowest BCUT2D eigenvalue weighted by atomic mass is 9.86. The zero-order valence-electron chi connectivity index (χ0n) is 9.22. The van der Waals surface area contributed by atoms with Crippen molar-refractivity contribution in [2.45, 2.75) is 45.6 Å². The Balaban J connectivity index is 2.02. The van der Waals surface area contributed by atoms with Gasteiger partial charge in [-0.2, -0.15) is 0 Å². The zero-order chi connectivity index (χ0) is 10.6. The molecule has 82 valence electrons. The Morgan fingerprint density at radius 3 is 2.50 bits per heavy atom. The van der Waals surface area contributed by atoms with Crippen LogP contribution in [0, 0.1) is 5.92 Å². The third-order valence-electron chi connectivity index (χ3n) is 2.20. The van der Waals surface area contributed by atoms with Crippen LogP contribution in [0.3, 0.4) is 0 Å². The minimum absolute atomic E-state index is 0.406. The molecule has 1 fully saturated rings. The molecular weight excluding hydrogens is 180 g/mol. The average Bonchev–Trinajstić information content (AvgIpc) is 1.90. The third kappa shape index (κ3) is 4.46. The SMILES string of the molecule is CC(C)(C)OC(=O)NNCC1CCC1. The van der Waals surface area contributed by atoms with Gasteiger partial charge in [0.2, 0.25) is 0 Å². The molecule has 0 aromatic rings. The van der Waals surface area contributed by atoms with Crippen LogP contribution in [0.15, 0.2) is 0 Å². The van der Waals surface area contributed by atoms with Gasteiger partial charge in [-0.05, 0) is 39.5 Å². The molecule has 1 rings (SSSR count). The number of amides is 1. The summed E-state index contributed by atoms with van der Waals surface area (Å²) in [6, 6.07) is 0. The Kier molecular flexibility index (Phi) is 3.75. The van der Waals surface area contributed by atoms with Crippen molar-refractivity contribution in [3.8, 4) is 0 Å². The number of hydrogen-bond acceptors (Lipinski definition) is 3. The standard InChI is InChI=1S/C10H20N2O2/c1-10(2,3)14-9(13)12-11-7-8-5-4-6-8/h8,11H,4-7H2,1-3H3,(H,12,13). The molecule has 14 heavy (non-hydrogen) atoms. The maximum Gasteiger partial charge on any atom is 0.422 e. The molecule has 0 bridgehead atoms. The van der Waals surface area contributed by atoms with Gasteiger partial charge in [0.25, 0.3) is 0 Å². The molecule has 0 aromatic carbocycles. The predicted octanol–water partition coefficient (Wildman–Crippen LogP) is 1.82. The Hall–Kier alpha value is -0.770. The molecule has 0 radical (unpaired) electrons. The van der Waals surface area contributed by atoms with Crippen LogP contribution in [0.25, 0.3) is 0 Å². The van der Waals surface area contributed by atoms with Gasteiger partial charge >= 0.3 is 6.09 Å². The molecule has 1 aliphatic carbocycles. The minimum Gasteiger partial charge on any atom is -0.443 e. The first-order valence-corrected chi connectivity index (χ1v) is 5.19. The third-order valence-corrected chi connectivity index (χ3v) is 2.20. The van der Waals surface area contributed by atoms with Crippen molar-refractivity contribution in [3.63, 3.8) is 0 Å². The lowest BCUT2D eigenvalue weighted by molar-refractivity contribution is 0.0491. The summed E-state index contributed by atoms with van der Waals surface area (Å²) in [5, 5.41) is 0. The topological polar surface area (TPSA) is 50.4 Å². The van der Waals surface area contributed by atoms with E-state index >= 15 is 0 Å². The van der Waals surface area contributed by atoms with E-state index in [1.807, 2.05) is 20.8 Å². The first-order valence-electron chi connectivity index (χ1n) is 5.19. The molecule has 4 heteroatoms. The average molecular weight is 200 g/mol. The molecule has 0 heterocycles. The summed E-state index contributed by atoms with van der Waals surface area (Å²) in [5.74, 6) is 0.727. The van der Waals surface area contributed by atoms with Gasteiger partial charge in [0.05, 0.1) is 0 Å². The molecular formula is C10H20N2O2. The first kappa shape index (κ1) is 11.3. The van der Waals surface area contributed by atoms with E-state index < -0.39 is 11.7 Å². The molecule has 0 aromatic heterocycles. The van der Waals surface area contributed by atoms with Crippen LogP contribution < -0.4 is 10.9 Å². The van der Waals surface area contributed by atoms with Crippen molar-refractivity contribution >= 4 is 6.09 Å². The molecule has 1 aliphatic rings. The minimum atomic E-state index is -0.428. The lowest BCUT2D eigenvalue weighted by Crippen LogP contribution is -2.44. The second-order valence-corrected chi connectivity index (χ2v) is 4.80. The van der Waals surface area contributed by atoms with Gasteiger partial charge in [0.15, 0.2) is 0 Å². The Bertz CT molecular complexity index is 195. The van der Waals surface area contributed by atoms with Gasteiger partial charge in [-0.25, -0.2) is 10.2 Å². The van der Waals surface area contributed by atoms with Gasteiger partial charge in [0, 0.05) is 6.54 Å². The van der Waals surface area contributed by atoms with E-state index in [0.29, 0.717) is 0 Å². The number of nitrogens with one attached hydrogen (secondary N) is 2. The van der Waals surface area contributed by atoms with E-state index in [1.165, 1.54) is 19.3 Å². The Labute approximate surface area is 85.4 Å². The summed E-state index contributed by atoms with van der Waals surface area (Å²) in [4.78, 5) is 11.2. The molecule has 0 saturated heterocycles. The van der Waals surface area contributed by atoms with E-state index in [2.05, 4.69) is 10.9 Å². The number of carbonyl (C=O) groups excluding carboxylic acids is 1. The second kappa shape index (κ2) is 4.64. The van der Waals surface area contributed by atoms with Crippen LogP contribution in [-0.2, 0) is 4.74 Å². The van der Waals surface area contributed by atoms with Crippen LogP contribution in [0.1, 0.15) is 40.0 Å². The first-order chi connectivity index (χ1) is 6.47. The van der Waals surface area contributed by atoms with Gasteiger partial charge < -0.3 is 4.74 Å². The summed E-state index contributed by atoms with van der Waals surface area (Å²) >= 11 is 0. The van der Waals surface area contributed by atoms with Crippen LogP contribution in [0.4, 0.5) is 4.79 Å². The van der Waals surface area contributed by atoms with E-state index in [4.69, 9.17) is 4.74 Å². The van der Waals surface area contributed by atoms with Crippen LogP contribution in [0.5, 0.6) is 0 Å². The summed E-state index contributed by atoms with van der Waals surface area (Å²) in [5.41, 5.74) is 4.98. The van der Waals surface area contributed by atoms with E-state index in [9.17, 15) is 4.79 Å². The highest BCUT2D eigenvalue weighted by Crippen LogP contribution is 2.24. The van der Waals surface area contributed by atoms with Gasteiger partial charge in [0.1, 0.15) is 5.60 Å². The van der Waals surface area contributed by atoms with Crippen molar-refractivity contribution in [1.82, 2.24) is 10.9 Å². The Morgan fingerprint density at radius 1 is 1.43 bits per heavy atom. The largest absolute Gasteiger partial charge is 0.443 e. The van der Waals surface area contributed by atoms with Crippen LogP contribution >= 0.6 is 0 Å². The van der Waals surface area contributed by atoms with Crippen molar-refractivity contribution < 1.29 is 9.53 Å². The van der Waals surface area contributed by atoms with Gasteiger partial charge in [-0.3, -0.25) is 5.43 Å². The molecule has 0 atom stereocenters. The highest BCUT2D eigenvalue weighted by Gasteiger charge is 2.18. The summed E-state index contributed by atoms with van der Waals surface area (Å²) in [6.07, 6.45) is 3.45. The smallest absolute Gasteiger partial charge is 0.422 e. The zero-order valence-corrected chi connectivity index (χ0v) is 9.22. The quantitative estimate of drug-likeness (QED) is 0.683.